The molecule has 2 bridgehead atoms. The molecular formula is C22H30BFO5. The summed E-state index contributed by atoms with van der Waals surface area (Å²) >= 11 is 0. The summed E-state index contributed by atoms with van der Waals surface area (Å²) in [5.74, 6) is 0.0337. The highest BCUT2D eigenvalue weighted by Gasteiger charge is 2.68. The fourth-order valence-corrected chi connectivity index (χ4v) is 5.50. The molecule has 158 valence electrons. The summed E-state index contributed by atoms with van der Waals surface area (Å²) < 4.78 is 38.1. The fraction of sp³-hybridized carbons (Fsp3) is 0.682. The van der Waals surface area contributed by atoms with Gasteiger partial charge in [-0.25, -0.2) is 9.18 Å². The van der Waals surface area contributed by atoms with Crippen LogP contribution in [0.5, 0.6) is 5.75 Å². The Bertz CT molecular complexity index is 848. The maximum atomic E-state index is 14.5. The van der Waals surface area contributed by atoms with Crippen LogP contribution >= 0.6 is 0 Å². The number of carbonyl (C=O) groups is 1. The third-order valence-corrected chi connectivity index (χ3v) is 7.11. The van der Waals surface area contributed by atoms with Gasteiger partial charge in [-0.3, -0.25) is 0 Å². The Morgan fingerprint density at radius 1 is 1.24 bits per heavy atom. The zero-order valence-electron chi connectivity index (χ0n) is 18.3. The first-order valence-electron chi connectivity index (χ1n) is 10.3. The average molecular weight is 404 g/mol. The first-order valence-corrected chi connectivity index (χ1v) is 10.3. The van der Waals surface area contributed by atoms with E-state index in [0.29, 0.717) is 17.3 Å². The van der Waals surface area contributed by atoms with Crippen LogP contribution in [-0.4, -0.2) is 37.5 Å². The lowest BCUT2D eigenvalue weighted by atomic mass is 9.43. The van der Waals surface area contributed by atoms with Crippen molar-refractivity contribution in [1.82, 2.24) is 0 Å². The molecule has 0 amide bonds. The van der Waals surface area contributed by atoms with Crippen molar-refractivity contribution in [2.75, 3.05) is 7.11 Å². The van der Waals surface area contributed by atoms with Gasteiger partial charge in [0, 0.05) is 5.46 Å². The Morgan fingerprint density at radius 3 is 2.52 bits per heavy atom. The average Bonchev–Trinajstić information content (AvgIpc) is 2.96. The molecule has 0 radical (unpaired) electrons. The maximum Gasteiger partial charge on any atom is 0.498 e. The molecule has 7 heteroatoms. The number of carbonyl (C=O) groups excluding carboxylic acids is 1. The molecule has 3 saturated carbocycles. The number of methoxy groups -OCH3 is 1. The third kappa shape index (κ3) is 3.17. The Balaban J connectivity index is 1.69. The second-order valence-corrected chi connectivity index (χ2v) is 10.4. The molecule has 4 atom stereocenters. The maximum absolute atomic E-state index is 14.5. The van der Waals surface area contributed by atoms with E-state index in [1.807, 2.05) is 0 Å². The van der Waals surface area contributed by atoms with Gasteiger partial charge in [0.15, 0.2) is 0 Å². The van der Waals surface area contributed by atoms with E-state index in [2.05, 4.69) is 20.8 Å². The molecule has 3 aliphatic carbocycles. The molecule has 4 aliphatic rings. The first-order chi connectivity index (χ1) is 13.4. The van der Waals surface area contributed by atoms with Gasteiger partial charge >= 0.3 is 13.1 Å². The van der Waals surface area contributed by atoms with Crippen molar-refractivity contribution in [3.63, 3.8) is 0 Å². The molecule has 5 rings (SSSR count). The van der Waals surface area contributed by atoms with Crippen molar-refractivity contribution in [3.8, 4) is 5.75 Å². The van der Waals surface area contributed by atoms with Gasteiger partial charge in [-0.1, -0.05) is 13.8 Å². The molecule has 1 aliphatic heterocycles. The minimum atomic E-state index is -0.785. The molecule has 0 aromatic heterocycles. The number of esters is 1. The van der Waals surface area contributed by atoms with Gasteiger partial charge in [-0.2, -0.15) is 0 Å². The summed E-state index contributed by atoms with van der Waals surface area (Å²) in [7, 11) is 0.668. The van der Waals surface area contributed by atoms with Gasteiger partial charge in [0.25, 0.3) is 0 Å². The molecular weight excluding hydrogens is 374 g/mol. The van der Waals surface area contributed by atoms with Crippen LogP contribution in [0.2, 0.25) is 0 Å². The molecule has 1 unspecified atom stereocenters. The first kappa shape index (κ1) is 20.7. The van der Waals surface area contributed by atoms with Crippen molar-refractivity contribution < 1.29 is 28.0 Å². The van der Waals surface area contributed by atoms with Gasteiger partial charge in [0.05, 0.1) is 18.8 Å². The van der Waals surface area contributed by atoms with E-state index >= 15 is 0 Å². The highest BCUT2D eigenvalue weighted by atomic mass is 19.1. The Morgan fingerprint density at radius 2 is 1.93 bits per heavy atom. The predicted octanol–water partition coefficient (Wildman–Crippen LogP) is 3.72. The number of benzene rings is 1. The lowest BCUT2D eigenvalue weighted by Gasteiger charge is -2.64. The van der Waals surface area contributed by atoms with Crippen LogP contribution in [0, 0.1) is 23.1 Å². The zero-order valence-corrected chi connectivity index (χ0v) is 18.3. The highest BCUT2D eigenvalue weighted by Crippen LogP contribution is 2.65. The second-order valence-electron chi connectivity index (χ2n) is 10.4. The quantitative estimate of drug-likeness (QED) is 0.568. The Kier molecular flexibility index (Phi) is 4.60. The van der Waals surface area contributed by atoms with E-state index in [9.17, 15) is 9.18 Å². The number of hydrogen-bond donors (Lipinski definition) is 0. The van der Waals surface area contributed by atoms with Crippen LogP contribution in [0.15, 0.2) is 12.1 Å². The molecule has 5 nitrogen and oxygen atoms in total. The summed E-state index contributed by atoms with van der Waals surface area (Å²) in [4.78, 5) is 12.7. The topological polar surface area (TPSA) is 54.0 Å². The van der Waals surface area contributed by atoms with Crippen LogP contribution in [0.1, 0.15) is 64.7 Å². The van der Waals surface area contributed by atoms with E-state index in [-0.39, 0.29) is 22.8 Å². The molecule has 1 aromatic rings. The number of hydrogen-bond acceptors (Lipinski definition) is 5. The fourth-order valence-electron chi connectivity index (χ4n) is 5.50. The smallest absolute Gasteiger partial charge is 0.496 e. The minimum absolute atomic E-state index is 0.0364. The summed E-state index contributed by atoms with van der Waals surface area (Å²) in [6, 6.07) is 2.47. The van der Waals surface area contributed by atoms with Gasteiger partial charge < -0.3 is 18.8 Å². The van der Waals surface area contributed by atoms with Crippen molar-refractivity contribution in [2.45, 2.75) is 71.7 Å². The van der Waals surface area contributed by atoms with E-state index in [1.165, 1.54) is 13.2 Å². The normalized spacial score (nSPS) is 32.4. The predicted molar refractivity (Wildman–Crippen MR) is 108 cm³/mol. The van der Waals surface area contributed by atoms with Crippen LogP contribution in [0.4, 0.5) is 4.39 Å². The molecule has 1 aromatic carbocycles. The SMILES string of the molecule is COc1c(B2OC3C[C@@H]4C[C@@H](C4(C)C)[C@]3(C)O2)cc(F)cc1C(=O)OC(C)(C)C. The lowest BCUT2D eigenvalue weighted by molar-refractivity contribution is -0.199. The monoisotopic (exact) mass is 404 g/mol. The standard InChI is InChI=1S/C22H30BFO5/c1-20(2,3)27-19(25)14-10-13(24)11-15(18(14)26-7)23-28-17-9-12-8-16(21(12,4)5)22(17,6)29-23/h10-12,16-17H,8-9H2,1-7H3/t12-,16-,17?,22-/m0/s1. The summed E-state index contributed by atoms with van der Waals surface area (Å²) in [6.07, 6.45) is 1.99. The van der Waals surface area contributed by atoms with E-state index in [1.54, 1.807) is 20.8 Å². The molecule has 1 heterocycles. The van der Waals surface area contributed by atoms with Gasteiger partial charge in [-0.05, 0) is 69.9 Å². The zero-order chi connectivity index (χ0) is 21.4. The highest BCUT2D eigenvalue weighted by molar-refractivity contribution is 6.63. The Labute approximate surface area is 172 Å². The summed E-state index contributed by atoms with van der Waals surface area (Å²) in [6.45, 7) is 12.0. The van der Waals surface area contributed by atoms with Crippen LogP contribution < -0.4 is 10.2 Å². The van der Waals surface area contributed by atoms with Crippen molar-refractivity contribution in [1.29, 1.82) is 0 Å². The van der Waals surface area contributed by atoms with E-state index < -0.39 is 30.1 Å². The number of halogens is 1. The number of ether oxygens (including phenoxy) is 2. The van der Waals surface area contributed by atoms with Crippen molar-refractivity contribution >= 4 is 18.6 Å². The van der Waals surface area contributed by atoms with Gasteiger partial charge in [0.2, 0.25) is 0 Å². The van der Waals surface area contributed by atoms with E-state index in [0.717, 1.165) is 18.9 Å². The van der Waals surface area contributed by atoms with Gasteiger partial charge in [-0.15, -0.1) is 0 Å². The van der Waals surface area contributed by atoms with Crippen LogP contribution in [-0.2, 0) is 14.0 Å². The van der Waals surface area contributed by atoms with E-state index in [4.69, 9.17) is 18.8 Å². The molecule has 1 saturated heterocycles. The summed E-state index contributed by atoms with van der Waals surface area (Å²) in [5.41, 5.74) is -0.513. The number of rotatable bonds is 3. The summed E-state index contributed by atoms with van der Waals surface area (Å²) in [5, 5.41) is 0. The lowest BCUT2D eigenvalue weighted by Crippen LogP contribution is -2.65. The molecule has 0 spiro atoms. The van der Waals surface area contributed by atoms with Crippen LogP contribution in [0.25, 0.3) is 0 Å². The van der Waals surface area contributed by atoms with Crippen LogP contribution in [0.3, 0.4) is 0 Å². The minimum Gasteiger partial charge on any atom is -0.496 e. The molecule has 4 fully saturated rings. The van der Waals surface area contributed by atoms with Gasteiger partial charge in [0.1, 0.15) is 22.7 Å². The largest absolute Gasteiger partial charge is 0.498 e. The third-order valence-electron chi connectivity index (χ3n) is 7.11. The Hall–Kier alpha value is -1.60. The van der Waals surface area contributed by atoms with Crippen molar-refractivity contribution in [3.05, 3.63) is 23.5 Å². The van der Waals surface area contributed by atoms with Crippen molar-refractivity contribution in [2.24, 2.45) is 17.3 Å². The second kappa shape index (κ2) is 6.45. The molecule has 29 heavy (non-hydrogen) atoms. The molecule has 0 N–H and O–H groups in total.